The predicted molar refractivity (Wildman–Crippen MR) is 78.2 cm³/mol. The lowest BCUT2D eigenvalue weighted by Gasteiger charge is -2.06. The summed E-state index contributed by atoms with van der Waals surface area (Å²) >= 11 is 0. The van der Waals surface area contributed by atoms with Gasteiger partial charge in [-0.15, -0.1) is 0 Å². The molecule has 0 bridgehead atoms. The van der Waals surface area contributed by atoms with Gasteiger partial charge in [-0.1, -0.05) is 30.3 Å². The first-order valence-electron chi connectivity index (χ1n) is 6.67. The number of rotatable bonds is 5. The van der Waals surface area contributed by atoms with E-state index in [1.165, 1.54) is 0 Å². The summed E-state index contributed by atoms with van der Waals surface area (Å²) in [6.07, 6.45) is 4.32. The molecule has 0 saturated carbocycles. The highest BCUT2D eigenvalue weighted by Crippen LogP contribution is 2.13. The summed E-state index contributed by atoms with van der Waals surface area (Å²) in [7, 11) is 0. The van der Waals surface area contributed by atoms with E-state index in [1.54, 1.807) is 12.4 Å². The van der Waals surface area contributed by atoms with Gasteiger partial charge in [-0.3, -0.25) is 0 Å². The standard InChI is InChI=1S/C15H18N4O/c1-2-16-15(20)17-9-8-12-10-18-14(19-11-12)13-6-4-3-5-7-13/h3-7,10-11H,2,8-9H2,1H3,(H2,16,17,20). The first-order chi connectivity index (χ1) is 9.79. The lowest BCUT2D eigenvalue weighted by Crippen LogP contribution is -2.36. The van der Waals surface area contributed by atoms with Gasteiger partial charge in [-0.05, 0) is 18.9 Å². The molecule has 0 unspecified atom stereocenters. The number of benzene rings is 1. The maximum Gasteiger partial charge on any atom is 0.314 e. The molecule has 0 atom stereocenters. The summed E-state index contributed by atoms with van der Waals surface area (Å²) in [5.41, 5.74) is 2.00. The van der Waals surface area contributed by atoms with Crippen molar-refractivity contribution in [3.8, 4) is 11.4 Å². The van der Waals surface area contributed by atoms with E-state index < -0.39 is 0 Å². The monoisotopic (exact) mass is 270 g/mol. The third-order valence-electron chi connectivity index (χ3n) is 2.77. The molecule has 20 heavy (non-hydrogen) atoms. The first-order valence-corrected chi connectivity index (χ1v) is 6.67. The van der Waals surface area contributed by atoms with Crippen molar-refractivity contribution in [3.05, 3.63) is 48.3 Å². The summed E-state index contributed by atoms with van der Waals surface area (Å²) in [5.74, 6) is 0.714. The Balaban J connectivity index is 1.88. The molecular weight excluding hydrogens is 252 g/mol. The fourth-order valence-electron chi connectivity index (χ4n) is 1.76. The van der Waals surface area contributed by atoms with Crippen molar-refractivity contribution >= 4 is 6.03 Å². The van der Waals surface area contributed by atoms with Gasteiger partial charge in [-0.25, -0.2) is 14.8 Å². The highest BCUT2D eigenvalue weighted by molar-refractivity contribution is 5.73. The number of carbonyl (C=O) groups excluding carboxylic acids is 1. The van der Waals surface area contributed by atoms with Gasteiger partial charge in [0, 0.05) is 31.0 Å². The quantitative estimate of drug-likeness (QED) is 0.873. The van der Waals surface area contributed by atoms with Gasteiger partial charge in [0.1, 0.15) is 0 Å². The van der Waals surface area contributed by atoms with E-state index in [1.807, 2.05) is 37.3 Å². The number of hydrogen-bond acceptors (Lipinski definition) is 3. The van der Waals surface area contributed by atoms with Crippen LogP contribution >= 0.6 is 0 Å². The Kier molecular flexibility index (Phi) is 5.06. The fourth-order valence-corrected chi connectivity index (χ4v) is 1.76. The summed E-state index contributed by atoms with van der Waals surface area (Å²) in [6, 6.07) is 9.70. The molecule has 1 aromatic carbocycles. The molecule has 0 fully saturated rings. The molecule has 1 heterocycles. The van der Waals surface area contributed by atoms with Crippen LogP contribution in [-0.2, 0) is 6.42 Å². The van der Waals surface area contributed by atoms with Gasteiger partial charge >= 0.3 is 6.03 Å². The van der Waals surface area contributed by atoms with Gasteiger partial charge < -0.3 is 10.6 Å². The average molecular weight is 270 g/mol. The molecule has 0 radical (unpaired) electrons. The summed E-state index contributed by atoms with van der Waals surface area (Å²) in [4.78, 5) is 19.9. The van der Waals surface area contributed by atoms with Crippen LogP contribution in [0.4, 0.5) is 4.79 Å². The normalized spacial score (nSPS) is 10.1. The van der Waals surface area contributed by atoms with Gasteiger partial charge in [0.25, 0.3) is 0 Å². The van der Waals surface area contributed by atoms with E-state index in [2.05, 4.69) is 20.6 Å². The van der Waals surface area contributed by atoms with Crippen LogP contribution in [0.3, 0.4) is 0 Å². The average Bonchev–Trinajstić information content (AvgIpc) is 2.49. The first kappa shape index (κ1) is 14.0. The molecule has 2 N–H and O–H groups in total. The summed E-state index contributed by atoms with van der Waals surface area (Å²) in [5, 5.41) is 5.45. The van der Waals surface area contributed by atoms with Crippen LogP contribution in [0.2, 0.25) is 0 Å². The maximum absolute atomic E-state index is 11.2. The van der Waals surface area contributed by atoms with Crippen LogP contribution in [0.15, 0.2) is 42.7 Å². The zero-order valence-corrected chi connectivity index (χ0v) is 11.5. The molecule has 5 nitrogen and oxygen atoms in total. The molecule has 2 aromatic rings. The Morgan fingerprint density at radius 1 is 1.10 bits per heavy atom. The van der Waals surface area contributed by atoms with E-state index in [0.29, 0.717) is 25.3 Å². The molecule has 104 valence electrons. The maximum atomic E-state index is 11.2. The largest absolute Gasteiger partial charge is 0.338 e. The van der Waals surface area contributed by atoms with Crippen molar-refractivity contribution in [1.82, 2.24) is 20.6 Å². The third-order valence-corrected chi connectivity index (χ3v) is 2.77. The highest BCUT2D eigenvalue weighted by Gasteiger charge is 2.01. The third kappa shape index (κ3) is 4.05. The van der Waals surface area contributed by atoms with Gasteiger partial charge in [0.05, 0.1) is 0 Å². The predicted octanol–water partition coefficient (Wildman–Crippen LogP) is 2.01. The zero-order valence-electron chi connectivity index (χ0n) is 11.5. The van der Waals surface area contributed by atoms with Crippen LogP contribution in [0.5, 0.6) is 0 Å². The van der Waals surface area contributed by atoms with Crippen LogP contribution in [0.25, 0.3) is 11.4 Å². The van der Waals surface area contributed by atoms with Crippen molar-refractivity contribution in [2.75, 3.05) is 13.1 Å². The molecule has 0 aliphatic heterocycles. The smallest absolute Gasteiger partial charge is 0.314 e. The van der Waals surface area contributed by atoms with Crippen molar-refractivity contribution in [2.24, 2.45) is 0 Å². The van der Waals surface area contributed by atoms with Crippen LogP contribution in [-0.4, -0.2) is 29.1 Å². The molecule has 0 aliphatic rings. The molecule has 0 spiro atoms. The number of urea groups is 1. The van der Waals surface area contributed by atoms with Gasteiger partial charge in [0.15, 0.2) is 5.82 Å². The molecule has 1 aromatic heterocycles. The number of hydrogen-bond donors (Lipinski definition) is 2. The second kappa shape index (κ2) is 7.23. The van der Waals surface area contributed by atoms with E-state index in [4.69, 9.17) is 0 Å². The minimum Gasteiger partial charge on any atom is -0.338 e. The second-order valence-corrected chi connectivity index (χ2v) is 4.32. The van der Waals surface area contributed by atoms with E-state index in [9.17, 15) is 4.79 Å². The molecule has 0 saturated heterocycles. The summed E-state index contributed by atoms with van der Waals surface area (Å²) in [6.45, 7) is 3.08. The van der Waals surface area contributed by atoms with Crippen LogP contribution in [0, 0.1) is 0 Å². The molecule has 0 aliphatic carbocycles. The number of nitrogens with one attached hydrogen (secondary N) is 2. The Morgan fingerprint density at radius 3 is 2.45 bits per heavy atom. The SMILES string of the molecule is CCNC(=O)NCCc1cnc(-c2ccccc2)nc1. The van der Waals surface area contributed by atoms with Crippen molar-refractivity contribution < 1.29 is 4.79 Å². The zero-order chi connectivity index (χ0) is 14.2. The number of nitrogens with zero attached hydrogens (tertiary/aromatic N) is 2. The van der Waals surface area contributed by atoms with Crippen molar-refractivity contribution in [2.45, 2.75) is 13.3 Å². The van der Waals surface area contributed by atoms with Gasteiger partial charge in [0.2, 0.25) is 0 Å². The van der Waals surface area contributed by atoms with E-state index in [-0.39, 0.29) is 6.03 Å². The number of carbonyl (C=O) groups is 1. The lowest BCUT2D eigenvalue weighted by atomic mass is 10.2. The number of amides is 2. The second-order valence-electron chi connectivity index (χ2n) is 4.32. The van der Waals surface area contributed by atoms with Crippen LogP contribution < -0.4 is 10.6 Å². The van der Waals surface area contributed by atoms with Gasteiger partial charge in [-0.2, -0.15) is 0 Å². The Hall–Kier alpha value is -2.43. The van der Waals surface area contributed by atoms with Crippen molar-refractivity contribution in [3.63, 3.8) is 0 Å². The Labute approximate surface area is 118 Å². The minimum absolute atomic E-state index is 0.144. The minimum atomic E-state index is -0.144. The Morgan fingerprint density at radius 2 is 1.80 bits per heavy atom. The van der Waals surface area contributed by atoms with E-state index >= 15 is 0 Å². The Bertz CT molecular complexity index is 540. The number of aromatic nitrogens is 2. The molecule has 2 amide bonds. The fraction of sp³-hybridized carbons (Fsp3) is 0.267. The molecule has 2 rings (SSSR count). The lowest BCUT2D eigenvalue weighted by molar-refractivity contribution is 0.241. The van der Waals surface area contributed by atoms with Crippen LogP contribution in [0.1, 0.15) is 12.5 Å². The van der Waals surface area contributed by atoms with Crippen molar-refractivity contribution in [1.29, 1.82) is 0 Å². The molecular formula is C15H18N4O. The highest BCUT2D eigenvalue weighted by atomic mass is 16.2. The molecule has 5 heteroatoms. The van der Waals surface area contributed by atoms with E-state index in [0.717, 1.165) is 11.1 Å². The summed E-state index contributed by atoms with van der Waals surface area (Å²) < 4.78 is 0. The topological polar surface area (TPSA) is 66.9 Å².